The average Bonchev–Trinajstić information content (AvgIpc) is 2.77. The maximum atomic E-state index is 11.4. The lowest BCUT2D eigenvalue weighted by Gasteiger charge is -2.27. The third kappa shape index (κ3) is 1.97. The monoisotopic (exact) mass is 248 g/mol. The summed E-state index contributed by atoms with van der Waals surface area (Å²) in [4.78, 5) is 24.6. The highest BCUT2D eigenvalue weighted by Crippen LogP contribution is 2.33. The average molecular weight is 248 g/mol. The van der Waals surface area contributed by atoms with Crippen molar-refractivity contribution < 1.29 is 9.59 Å². The van der Waals surface area contributed by atoms with Gasteiger partial charge in [-0.25, -0.2) is 0 Å². The van der Waals surface area contributed by atoms with Gasteiger partial charge >= 0.3 is 0 Å². The molecule has 2 rings (SSSR count). The van der Waals surface area contributed by atoms with E-state index in [9.17, 15) is 9.59 Å². The molecule has 1 fully saturated rings. The minimum absolute atomic E-state index is 0.322. The number of para-hydroxylation sites is 1. The Hall–Kier alpha value is -2.24. The molecule has 0 spiro atoms. The predicted molar refractivity (Wildman–Crippen MR) is 68.9 cm³/mol. The van der Waals surface area contributed by atoms with Crippen LogP contribution in [0.3, 0.4) is 0 Å². The number of anilines is 2. The van der Waals surface area contributed by atoms with Crippen LogP contribution in [0.25, 0.3) is 0 Å². The first-order chi connectivity index (χ1) is 8.52. The predicted octanol–water partition coefficient (Wildman–Crippen LogP) is -0.178. The Kier molecular flexibility index (Phi) is 3.10. The molecule has 96 valence electrons. The van der Waals surface area contributed by atoms with Gasteiger partial charge in [-0.1, -0.05) is 6.07 Å². The van der Waals surface area contributed by atoms with Gasteiger partial charge in [-0.2, -0.15) is 0 Å². The highest BCUT2D eigenvalue weighted by Gasteiger charge is 2.32. The van der Waals surface area contributed by atoms with E-state index >= 15 is 0 Å². The van der Waals surface area contributed by atoms with Crippen molar-refractivity contribution >= 4 is 23.2 Å². The van der Waals surface area contributed by atoms with Crippen LogP contribution >= 0.6 is 0 Å². The SMILES string of the molecule is NC(=O)c1cccc(N)c1N1CCCC1C(N)=O. The number of primary amides is 2. The van der Waals surface area contributed by atoms with Gasteiger partial charge in [0, 0.05) is 6.54 Å². The minimum atomic E-state index is -0.563. The van der Waals surface area contributed by atoms with Gasteiger partial charge in [0.1, 0.15) is 6.04 Å². The molecule has 0 aliphatic carbocycles. The molecule has 1 aliphatic rings. The van der Waals surface area contributed by atoms with E-state index in [0.717, 1.165) is 6.42 Å². The van der Waals surface area contributed by atoms with Gasteiger partial charge in [0.05, 0.1) is 16.9 Å². The maximum Gasteiger partial charge on any atom is 0.250 e. The summed E-state index contributed by atoms with van der Waals surface area (Å²) in [5.41, 5.74) is 17.9. The molecule has 1 unspecified atom stereocenters. The van der Waals surface area contributed by atoms with E-state index in [0.29, 0.717) is 29.9 Å². The van der Waals surface area contributed by atoms with Crippen LogP contribution in [-0.2, 0) is 4.79 Å². The summed E-state index contributed by atoms with van der Waals surface area (Å²) in [7, 11) is 0. The summed E-state index contributed by atoms with van der Waals surface area (Å²) in [5, 5.41) is 0. The molecular weight excluding hydrogens is 232 g/mol. The molecule has 6 heteroatoms. The molecule has 0 radical (unpaired) electrons. The zero-order valence-corrected chi connectivity index (χ0v) is 9.93. The molecule has 1 aromatic rings. The van der Waals surface area contributed by atoms with Crippen molar-refractivity contribution in [2.24, 2.45) is 11.5 Å². The van der Waals surface area contributed by atoms with Crippen molar-refractivity contribution in [3.05, 3.63) is 23.8 Å². The summed E-state index contributed by atoms with van der Waals surface area (Å²) >= 11 is 0. The summed E-state index contributed by atoms with van der Waals surface area (Å²) in [6.07, 6.45) is 1.50. The summed E-state index contributed by atoms with van der Waals surface area (Å²) in [5.74, 6) is -0.974. The molecule has 0 bridgehead atoms. The summed E-state index contributed by atoms with van der Waals surface area (Å²) in [6, 6.07) is 4.52. The maximum absolute atomic E-state index is 11.4. The third-order valence-electron chi connectivity index (χ3n) is 3.20. The molecule has 1 atom stereocenters. The Morgan fingerprint density at radius 1 is 1.28 bits per heavy atom. The van der Waals surface area contributed by atoms with Gasteiger partial charge in [-0.3, -0.25) is 9.59 Å². The Labute approximate surface area is 105 Å². The first kappa shape index (κ1) is 12.2. The van der Waals surface area contributed by atoms with Crippen LogP contribution in [-0.4, -0.2) is 24.4 Å². The zero-order valence-electron chi connectivity index (χ0n) is 9.93. The second-order valence-electron chi connectivity index (χ2n) is 4.36. The molecule has 18 heavy (non-hydrogen) atoms. The molecule has 0 saturated carbocycles. The van der Waals surface area contributed by atoms with Crippen LogP contribution in [0.2, 0.25) is 0 Å². The smallest absolute Gasteiger partial charge is 0.250 e. The molecule has 1 heterocycles. The molecule has 1 aliphatic heterocycles. The van der Waals surface area contributed by atoms with E-state index in [2.05, 4.69) is 0 Å². The lowest BCUT2D eigenvalue weighted by molar-refractivity contribution is -0.119. The number of hydrogen-bond acceptors (Lipinski definition) is 4. The molecule has 6 nitrogen and oxygen atoms in total. The molecule has 1 aromatic carbocycles. The van der Waals surface area contributed by atoms with E-state index in [-0.39, 0.29) is 0 Å². The highest BCUT2D eigenvalue weighted by atomic mass is 16.1. The van der Waals surface area contributed by atoms with E-state index < -0.39 is 17.9 Å². The number of benzene rings is 1. The number of nitrogens with two attached hydrogens (primary N) is 3. The fourth-order valence-corrected chi connectivity index (χ4v) is 2.41. The Morgan fingerprint density at radius 2 is 2.00 bits per heavy atom. The molecule has 6 N–H and O–H groups in total. The Bertz CT molecular complexity index is 501. The van der Waals surface area contributed by atoms with Crippen LogP contribution in [0.4, 0.5) is 11.4 Å². The van der Waals surface area contributed by atoms with Crippen molar-refractivity contribution in [3.8, 4) is 0 Å². The molecule has 0 aromatic heterocycles. The normalized spacial score (nSPS) is 18.9. The third-order valence-corrected chi connectivity index (χ3v) is 3.20. The standard InChI is InChI=1S/C12H16N4O2/c13-8-4-1-3-7(11(14)17)10(8)16-6-2-5-9(16)12(15)18/h1,3-4,9H,2,5-6,13H2,(H2,14,17)(H2,15,18). The van der Waals surface area contributed by atoms with Crippen LogP contribution < -0.4 is 22.1 Å². The van der Waals surface area contributed by atoms with Crippen molar-refractivity contribution in [1.29, 1.82) is 0 Å². The van der Waals surface area contributed by atoms with Gasteiger partial charge in [0.15, 0.2) is 0 Å². The number of carbonyl (C=O) groups excluding carboxylic acids is 2. The second kappa shape index (κ2) is 4.56. The van der Waals surface area contributed by atoms with Crippen molar-refractivity contribution in [2.45, 2.75) is 18.9 Å². The highest BCUT2D eigenvalue weighted by molar-refractivity contribution is 6.02. The fraction of sp³-hybridized carbons (Fsp3) is 0.333. The van der Waals surface area contributed by atoms with E-state index in [4.69, 9.17) is 17.2 Å². The quantitative estimate of drug-likeness (QED) is 0.643. The van der Waals surface area contributed by atoms with Crippen molar-refractivity contribution in [3.63, 3.8) is 0 Å². The largest absolute Gasteiger partial charge is 0.397 e. The number of carbonyl (C=O) groups is 2. The second-order valence-corrected chi connectivity index (χ2v) is 4.36. The number of nitrogen functional groups attached to an aromatic ring is 1. The lowest BCUT2D eigenvalue weighted by Crippen LogP contribution is -2.41. The van der Waals surface area contributed by atoms with E-state index in [1.54, 1.807) is 23.1 Å². The molecule has 2 amide bonds. The van der Waals surface area contributed by atoms with Gasteiger partial charge in [-0.05, 0) is 25.0 Å². The summed E-state index contributed by atoms with van der Waals surface area (Å²) in [6.45, 7) is 0.641. The number of rotatable bonds is 3. The fourth-order valence-electron chi connectivity index (χ4n) is 2.41. The van der Waals surface area contributed by atoms with E-state index in [1.165, 1.54) is 0 Å². The molecular formula is C12H16N4O2. The lowest BCUT2D eigenvalue weighted by atomic mass is 10.1. The van der Waals surface area contributed by atoms with Crippen LogP contribution in [0.15, 0.2) is 18.2 Å². The molecule has 1 saturated heterocycles. The number of amides is 2. The zero-order chi connectivity index (χ0) is 13.3. The van der Waals surface area contributed by atoms with Crippen LogP contribution in [0.1, 0.15) is 23.2 Å². The Balaban J connectivity index is 2.50. The van der Waals surface area contributed by atoms with Gasteiger partial charge in [0.2, 0.25) is 5.91 Å². The minimum Gasteiger partial charge on any atom is -0.397 e. The van der Waals surface area contributed by atoms with Crippen LogP contribution in [0, 0.1) is 0 Å². The van der Waals surface area contributed by atoms with Crippen molar-refractivity contribution in [1.82, 2.24) is 0 Å². The first-order valence-electron chi connectivity index (χ1n) is 5.76. The van der Waals surface area contributed by atoms with Crippen LogP contribution in [0.5, 0.6) is 0 Å². The number of hydrogen-bond donors (Lipinski definition) is 3. The number of nitrogens with zero attached hydrogens (tertiary/aromatic N) is 1. The Morgan fingerprint density at radius 3 is 2.61 bits per heavy atom. The van der Waals surface area contributed by atoms with Crippen molar-refractivity contribution in [2.75, 3.05) is 17.2 Å². The van der Waals surface area contributed by atoms with Gasteiger partial charge in [-0.15, -0.1) is 0 Å². The summed E-state index contributed by atoms with van der Waals surface area (Å²) < 4.78 is 0. The van der Waals surface area contributed by atoms with Gasteiger partial charge < -0.3 is 22.1 Å². The van der Waals surface area contributed by atoms with Gasteiger partial charge in [0.25, 0.3) is 5.91 Å². The van der Waals surface area contributed by atoms with E-state index in [1.807, 2.05) is 0 Å². The topological polar surface area (TPSA) is 115 Å². The first-order valence-corrected chi connectivity index (χ1v) is 5.76.